The number of hydrogen-bond donors (Lipinski definition) is 1. The maximum absolute atomic E-state index is 13.0. The van der Waals surface area contributed by atoms with E-state index in [4.69, 9.17) is 9.47 Å². The van der Waals surface area contributed by atoms with Crippen LogP contribution < -0.4 is 0 Å². The van der Waals surface area contributed by atoms with Crippen LogP contribution >= 0.6 is 0 Å². The normalized spacial score (nSPS) is 18.7. The van der Waals surface area contributed by atoms with Gasteiger partial charge in [-0.2, -0.15) is 0 Å². The Bertz CT molecular complexity index is 614. The molecule has 5 nitrogen and oxygen atoms in total. The molecule has 1 fully saturated rings. The number of carbonyl (C=O) groups excluding carboxylic acids is 1. The van der Waals surface area contributed by atoms with Crippen LogP contribution in [0.4, 0.5) is 0 Å². The van der Waals surface area contributed by atoms with Gasteiger partial charge in [0.25, 0.3) is 5.91 Å². The Morgan fingerprint density at radius 3 is 2.08 bits per heavy atom. The lowest BCUT2D eigenvalue weighted by molar-refractivity contribution is -0.0933. The molecule has 1 aromatic rings. The fourth-order valence-corrected chi connectivity index (χ4v) is 3.15. The monoisotopic (exact) mass is 363 g/mol. The second-order valence-corrected chi connectivity index (χ2v) is 9.17. The van der Waals surface area contributed by atoms with Crippen molar-refractivity contribution in [3.63, 3.8) is 0 Å². The minimum Gasteiger partial charge on any atom is -0.507 e. The third kappa shape index (κ3) is 4.77. The van der Waals surface area contributed by atoms with E-state index in [9.17, 15) is 9.90 Å². The molecular weight excluding hydrogens is 330 g/mol. The van der Waals surface area contributed by atoms with Crippen molar-refractivity contribution < 1.29 is 19.4 Å². The summed E-state index contributed by atoms with van der Waals surface area (Å²) >= 11 is 0. The number of amides is 1. The van der Waals surface area contributed by atoms with Crippen LogP contribution in [0.2, 0.25) is 0 Å². The highest BCUT2D eigenvalue weighted by atomic mass is 16.6. The number of carbonyl (C=O) groups is 1. The van der Waals surface area contributed by atoms with Gasteiger partial charge < -0.3 is 19.5 Å². The van der Waals surface area contributed by atoms with E-state index < -0.39 is 0 Å². The zero-order chi connectivity index (χ0) is 19.7. The van der Waals surface area contributed by atoms with Crippen LogP contribution in [-0.2, 0) is 20.3 Å². The van der Waals surface area contributed by atoms with E-state index in [-0.39, 0.29) is 28.6 Å². The minimum absolute atomic E-state index is 0.0739. The van der Waals surface area contributed by atoms with Crippen molar-refractivity contribution in [2.75, 3.05) is 33.4 Å². The average Bonchev–Trinajstić information content (AvgIpc) is 2.53. The van der Waals surface area contributed by atoms with E-state index in [1.807, 2.05) is 53.7 Å². The van der Waals surface area contributed by atoms with Crippen LogP contribution in [0.1, 0.15) is 63.0 Å². The summed E-state index contributed by atoms with van der Waals surface area (Å²) in [5.41, 5.74) is 1.65. The number of nitrogens with zero attached hydrogens (tertiary/aromatic N) is 1. The molecule has 0 radical (unpaired) electrons. The highest BCUT2D eigenvalue weighted by Crippen LogP contribution is 2.39. The fourth-order valence-electron chi connectivity index (χ4n) is 3.15. The molecule has 1 aliphatic heterocycles. The van der Waals surface area contributed by atoms with Gasteiger partial charge in [0.05, 0.1) is 25.9 Å². The average molecular weight is 363 g/mol. The number of benzene rings is 1. The predicted molar refractivity (Wildman–Crippen MR) is 103 cm³/mol. The van der Waals surface area contributed by atoms with Crippen molar-refractivity contribution in [1.82, 2.24) is 4.90 Å². The predicted octanol–water partition coefficient (Wildman–Crippen LogP) is 3.47. The summed E-state index contributed by atoms with van der Waals surface area (Å²) in [6, 6.07) is 3.64. The standard InChI is InChI=1S/C21H33NO4/c1-20(2,3)16-10-14(11-17(18(16)23)21(4,5)6)19(24)22(7)12-15-13-25-8-9-26-15/h10-11,15,23H,8-9,12-13H2,1-7H3/t15-/m1/s1. The number of ether oxygens (including phenoxy) is 2. The quantitative estimate of drug-likeness (QED) is 0.893. The van der Waals surface area contributed by atoms with Crippen LogP contribution in [0.15, 0.2) is 12.1 Å². The van der Waals surface area contributed by atoms with Crippen molar-refractivity contribution in [2.45, 2.75) is 58.5 Å². The van der Waals surface area contributed by atoms with Crippen molar-refractivity contribution in [1.29, 1.82) is 0 Å². The first-order chi connectivity index (χ1) is 11.9. The Balaban J connectivity index is 2.36. The molecule has 2 rings (SSSR count). The molecule has 0 saturated carbocycles. The lowest BCUT2D eigenvalue weighted by Gasteiger charge is -2.30. The van der Waals surface area contributed by atoms with Crippen molar-refractivity contribution in [3.8, 4) is 5.75 Å². The van der Waals surface area contributed by atoms with Crippen LogP contribution in [-0.4, -0.2) is 55.4 Å². The summed E-state index contributed by atoms with van der Waals surface area (Å²) in [6.07, 6.45) is -0.0982. The highest BCUT2D eigenvalue weighted by Gasteiger charge is 2.29. The molecule has 1 N–H and O–H groups in total. The van der Waals surface area contributed by atoms with Crippen molar-refractivity contribution >= 4 is 5.91 Å². The van der Waals surface area contributed by atoms with E-state index in [0.29, 0.717) is 31.9 Å². The summed E-state index contributed by atoms with van der Waals surface area (Å²) in [7, 11) is 1.78. The van der Waals surface area contributed by atoms with E-state index in [1.54, 1.807) is 11.9 Å². The van der Waals surface area contributed by atoms with Gasteiger partial charge in [-0.15, -0.1) is 0 Å². The second-order valence-electron chi connectivity index (χ2n) is 9.17. The summed E-state index contributed by atoms with van der Waals surface area (Å²) in [6.45, 7) is 14.4. The minimum atomic E-state index is -0.265. The van der Waals surface area contributed by atoms with E-state index in [1.165, 1.54) is 0 Å². The highest BCUT2D eigenvalue weighted by molar-refractivity contribution is 5.95. The number of aromatic hydroxyl groups is 1. The van der Waals surface area contributed by atoms with Gasteiger partial charge in [0.15, 0.2) is 0 Å². The third-order valence-corrected chi connectivity index (χ3v) is 4.68. The molecule has 0 aromatic heterocycles. The van der Waals surface area contributed by atoms with Gasteiger partial charge in [-0.25, -0.2) is 0 Å². The smallest absolute Gasteiger partial charge is 0.253 e. The Morgan fingerprint density at radius 2 is 1.65 bits per heavy atom. The number of phenolic OH excluding ortho intramolecular Hbond substituents is 1. The third-order valence-electron chi connectivity index (χ3n) is 4.68. The molecule has 0 aliphatic carbocycles. The maximum Gasteiger partial charge on any atom is 0.253 e. The Labute approximate surface area is 157 Å². The van der Waals surface area contributed by atoms with Crippen LogP contribution in [0.25, 0.3) is 0 Å². The first kappa shape index (κ1) is 20.7. The Morgan fingerprint density at radius 1 is 1.12 bits per heavy atom. The lowest BCUT2D eigenvalue weighted by Crippen LogP contribution is -2.41. The van der Waals surface area contributed by atoms with Gasteiger partial charge in [0.1, 0.15) is 5.75 Å². The van der Waals surface area contributed by atoms with Gasteiger partial charge in [0.2, 0.25) is 0 Å². The molecule has 0 spiro atoms. The number of hydrogen-bond acceptors (Lipinski definition) is 4. The molecule has 1 aliphatic rings. The van der Waals surface area contributed by atoms with Gasteiger partial charge in [-0.3, -0.25) is 4.79 Å². The number of phenols is 1. The van der Waals surface area contributed by atoms with Gasteiger partial charge in [0, 0.05) is 30.3 Å². The SMILES string of the molecule is CN(C[C@@H]1COCCO1)C(=O)c1cc(C(C)(C)C)c(O)c(C(C)(C)C)c1. The molecular formula is C21H33NO4. The summed E-state index contributed by atoms with van der Waals surface area (Å²) in [5.74, 6) is 0.211. The van der Waals surface area contributed by atoms with Gasteiger partial charge >= 0.3 is 0 Å². The number of rotatable bonds is 3. The topological polar surface area (TPSA) is 59.0 Å². The molecule has 1 amide bonds. The summed E-state index contributed by atoms with van der Waals surface area (Å²) < 4.78 is 11.1. The first-order valence-electron chi connectivity index (χ1n) is 9.24. The van der Waals surface area contributed by atoms with Crippen LogP contribution in [0.3, 0.4) is 0 Å². The molecule has 1 heterocycles. The van der Waals surface area contributed by atoms with Crippen LogP contribution in [0.5, 0.6) is 5.75 Å². The van der Waals surface area contributed by atoms with E-state index in [0.717, 1.165) is 11.1 Å². The first-order valence-corrected chi connectivity index (χ1v) is 9.24. The summed E-state index contributed by atoms with van der Waals surface area (Å²) in [5, 5.41) is 10.8. The zero-order valence-electron chi connectivity index (χ0n) is 17.2. The maximum atomic E-state index is 13.0. The fraction of sp³-hybridized carbons (Fsp3) is 0.667. The molecule has 1 atom stereocenters. The van der Waals surface area contributed by atoms with Crippen molar-refractivity contribution in [2.24, 2.45) is 0 Å². The summed E-state index contributed by atoms with van der Waals surface area (Å²) in [4.78, 5) is 14.7. The molecule has 26 heavy (non-hydrogen) atoms. The number of likely N-dealkylation sites (N-methyl/N-ethyl adjacent to an activating group) is 1. The van der Waals surface area contributed by atoms with Gasteiger partial charge in [-0.05, 0) is 23.0 Å². The Hall–Kier alpha value is -1.59. The van der Waals surface area contributed by atoms with Gasteiger partial charge in [-0.1, -0.05) is 41.5 Å². The Kier molecular flexibility index (Phi) is 6.03. The molecule has 0 unspecified atom stereocenters. The lowest BCUT2D eigenvalue weighted by atomic mass is 9.78. The second kappa shape index (κ2) is 7.57. The zero-order valence-corrected chi connectivity index (χ0v) is 17.2. The molecule has 1 aromatic carbocycles. The largest absolute Gasteiger partial charge is 0.507 e. The van der Waals surface area contributed by atoms with Crippen molar-refractivity contribution in [3.05, 3.63) is 28.8 Å². The van der Waals surface area contributed by atoms with E-state index in [2.05, 4.69) is 0 Å². The van der Waals surface area contributed by atoms with Crippen LogP contribution in [0, 0.1) is 0 Å². The molecule has 146 valence electrons. The molecule has 0 bridgehead atoms. The molecule has 1 saturated heterocycles. The van der Waals surface area contributed by atoms with E-state index >= 15 is 0 Å². The molecule has 5 heteroatoms.